The monoisotopic (exact) mass is 354 g/mol. The van der Waals surface area contributed by atoms with Gasteiger partial charge in [-0.3, -0.25) is 9.13 Å². The molecule has 0 amide bonds. The summed E-state index contributed by atoms with van der Waals surface area (Å²) in [4.78, 5) is 0. The Labute approximate surface area is 137 Å². The zero-order chi connectivity index (χ0) is 17.7. The summed E-state index contributed by atoms with van der Waals surface area (Å²) >= 11 is 0. The minimum Gasteiger partial charge on any atom is -0.328 e. The summed E-state index contributed by atoms with van der Waals surface area (Å²) in [6.45, 7) is 17.8. The third-order valence-corrected chi connectivity index (χ3v) is 11.1. The molecule has 22 heavy (non-hydrogen) atoms. The molecule has 6 heteroatoms. The molecule has 4 nitrogen and oxygen atoms in total. The predicted molar refractivity (Wildman–Crippen MR) is 96.9 cm³/mol. The van der Waals surface area contributed by atoms with Crippen LogP contribution in [0.2, 0.25) is 0 Å². The largest absolute Gasteiger partial charge is 0.328 e. The Morgan fingerprint density at radius 3 is 1.36 bits per heavy atom. The Balaban J connectivity index is 4.61. The van der Waals surface area contributed by atoms with E-state index in [-0.39, 0.29) is 28.7 Å². The first-order valence-electron chi connectivity index (χ1n) is 8.39. The SMILES string of the molecule is CC(CCOP(=O)(C(C)C)C(C)C)OP(=O)(C(C)C)C(C)C. The van der Waals surface area contributed by atoms with Gasteiger partial charge < -0.3 is 9.05 Å². The lowest BCUT2D eigenvalue weighted by Crippen LogP contribution is -2.19. The van der Waals surface area contributed by atoms with Gasteiger partial charge >= 0.3 is 0 Å². The zero-order valence-electron chi connectivity index (χ0n) is 15.8. The van der Waals surface area contributed by atoms with Gasteiger partial charge in [0.2, 0.25) is 14.7 Å². The lowest BCUT2D eigenvalue weighted by atomic mass is 10.3. The van der Waals surface area contributed by atoms with Gasteiger partial charge in [-0.05, 0) is 13.3 Å². The van der Waals surface area contributed by atoms with E-state index in [0.29, 0.717) is 13.0 Å². The van der Waals surface area contributed by atoms with E-state index in [4.69, 9.17) is 9.05 Å². The van der Waals surface area contributed by atoms with Gasteiger partial charge in [0.15, 0.2) is 0 Å². The zero-order valence-corrected chi connectivity index (χ0v) is 17.6. The van der Waals surface area contributed by atoms with E-state index >= 15 is 0 Å². The van der Waals surface area contributed by atoms with Gasteiger partial charge in [-0.2, -0.15) is 0 Å². The fourth-order valence-corrected chi connectivity index (χ4v) is 6.96. The molecule has 0 aromatic rings. The Bertz CT molecular complexity index is 392. The van der Waals surface area contributed by atoms with Crippen molar-refractivity contribution in [2.24, 2.45) is 0 Å². The molecule has 0 aromatic carbocycles. The lowest BCUT2D eigenvalue weighted by molar-refractivity contribution is 0.175. The van der Waals surface area contributed by atoms with E-state index in [1.54, 1.807) is 0 Å². The van der Waals surface area contributed by atoms with E-state index in [1.807, 2.05) is 62.3 Å². The van der Waals surface area contributed by atoms with E-state index in [9.17, 15) is 9.13 Å². The molecule has 0 saturated carbocycles. The molecule has 0 fully saturated rings. The maximum Gasteiger partial charge on any atom is 0.208 e. The van der Waals surface area contributed by atoms with Crippen molar-refractivity contribution < 1.29 is 18.2 Å². The van der Waals surface area contributed by atoms with Crippen LogP contribution in [0.25, 0.3) is 0 Å². The van der Waals surface area contributed by atoms with Crippen molar-refractivity contribution in [3.05, 3.63) is 0 Å². The fraction of sp³-hybridized carbons (Fsp3) is 1.00. The van der Waals surface area contributed by atoms with Crippen LogP contribution < -0.4 is 0 Å². The summed E-state index contributed by atoms with van der Waals surface area (Å²) in [6, 6.07) is 0. The van der Waals surface area contributed by atoms with Gasteiger partial charge in [-0.15, -0.1) is 0 Å². The molecular weight excluding hydrogens is 318 g/mol. The molecule has 0 N–H and O–H groups in total. The topological polar surface area (TPSA) is 52.6 Å². The Kier molecular flexibility index (Phi) is 9.17. The second-order valence-electron chi connectivity index (χ2n) is 7.20. The molecule has 0 spiro atoms. The van der Waals surface area contributed by atoms with Crippen molar-refractivity contribution in [2.75, 3.05) is 6.61 Å². The average Bonchev–Trinajstić information content (AvgIpc) is 2.37. The van der Waals surface area contributed by atoms with E-state index in [1.165, 1.54) is 0 Å². The van der Waals surface area contributed by atoms with Crippen LogP contribution in [0.5, 0.6) is 0 Å². The van der Waals surface area contributed by atoms with Crippen molar-refractivity contribution in [3.8, 4) is 0 Å². The molecular formula is C16H36O4P2. The van der Waals surface area contributed by atoms with Crippen LogP contribution >= 0.6 is 14.7 Å². The van der Waals surface area contributed by atoms with Crippen LogP contribution in [-0.4, -0.2) is 35.3 Å². The normalized spacial score (nSPS) is 15.3. The maximum absolute atomic E-state index is 12.9. The van der Waals surface area contributed by atoms with Gasteiger partial charge in [-0.1, -0.05) is 55.4 Å². The van der Waals surface area contributed by atoms with E-state index in [2.05, 4.69) is 0 Å². The Morgan fingerprint density at radius 1 is 0.682 bits per heavy atom. The Morgan fingerprint density at radius 2 is 1.05 bits per heavy atom. The highest BCUT2D eigenvalue weighted by molar-refractivity contribution is 7.60. The van der Waals surface area contributed by atoms with Crippen molar-refractivity contribution in [1.82, 2.24) is 0 Å². The van der Waals surface area contributed by atoms with Crippen molar-refractivity contribution in [3.63, 3.8) is 0 Å². The van der Waals surface area contributed by atoms with Crippen LogP contribution in [0.1, 0.15) is 68.7 Å². The molecule has 0 rings (SSSR count). The predicted octanol–water partition coefficient (Wildman–Crippen LogP) is 5.99. The minimum atomic E-state index is -2.66. The van der Waals surface area contributed by atoms with Gasteiger partial charge in [-0.25, -0.2) is 0 Å². The molecule has 0 bridgehead atoms. The highest BCUT2D eigenvalue weighted by atomic mass is 31.2. The summed E-state index contributed by atoms with van der Waals surface area (Å²) in [5, 5.41) is 0. The van der Waals surface area contributed by atoms with Crippen molar-refractivity contribution >= 4 is 14.7 Å². The smallest absolute Gasteiger partial charge is 0.208 e. The van der Waals surface area contributed by atoms with E-state index in [0.717, 1.165) is 0 Å². The van der Waals surface area contributed by atoms with Crippen LogP contribution in [0.3, 0.4) is 0 Å². The molecule has 0 aliphatic rings. The molecule has 0 saturated heterocycles. The average molecular weight is 354 g/mol. The summed E-state index contributed by atoms with van der Waals surface area (Å²) in [6.07, 6.45) is 0.441. The number of hydrogen-bond donors (Lipinski definition) is 0. The first-order valence-corrected chi connectivity index (χ1v) is 11.9. The number of hydrogen-bond acceptors (Lipinski definition) is 4. The Hall–Kier alpha value is 0.380. The molecule has 0 aromatic heterocycles. The van der Waals surface area contributed by atoms with Crippen LogP contribution in [0.4, 0.5) is 0 Å². The molecule has 0 aliphatic heterocycles. The molecule has 134 valence electrons. The third-order valence-electron chi connectivity index (χ3n) is 4.04. The third kappa shape index (κ3) is 5.78. The van der Waals surface area contributed by atoms with Crippen LogP contribution in [-0.2, 0) is 18.2 Å². The molecule has 1 unspecified atom stereocenters. The number of rotatable bonds is 10. The first kappa shape index (κ1) is 22.4. The maximum atomic E-state index is 12.9. The second kappa shape index (κ2) is 9.02. The fourth-order valence-electron chi connectivity index (χ4n) is 2.43. The summed E-state index contributed by atoms with van der Waals surface area (Å²) in [5.41, 5.74) is 0.0453. The highest BCUT2D eigenvalue weighted by Crippen LogP contribution is 2.58. The summed E-state index contributed by atoms with van der Waals surface area (Å²) < 4.78 is 37.3. The molecule has 0 aliphatic carbocycles. The van der Waals surface area contributed by atoms with Crippen LogP contribution in [0, 0.1) is 0 Å². The van der Waals surface area contributed by atoms with Crippen molar-refractivity contribution in [1.29, 1.82) is 0 Å². The minimum absolute atomic E-state index is 0.00768. The van der Waals surface area contributed by atoms with E-state index < -0.39 is 14.7 Å². The molecule has 0 radical (unpaired) electrons. The molecule has 1 atom stereocenters. The highest BCUT2D eigenvalue weighted by Gasteiger charge is 2.34. The van der Waals surface area contributed by atoms with Crippen LogP contribution in [0.15, 0.2) is 0 Å². The summed E-state index contributed by atoms with van der Waals surface area (Å²) in [5.74, 6) is 0. The van der Waals surface area contributed by atoms with Gasteiger partial charge in [0.1, 0.15) is 0 Å². The van der Waals surface area contributed by atoms with Crippen molar-refractivity contribution in [2.45, 2.75) is 97.5 Å². The molecule has 0 heterocycles. The first-order chi connectivity index (χ1) is 9.87. The standard InChI is InChI=1S/C16H36O4P2/c1-12(2)21(17,13(3)4)19-11-10-16(9)20-22(18,14(5)6)15(7)8/h12-16H,10-11H2,1-9H3. The lowest BCUT2D eigenvalue weighted by Gasteiger charge is -2.30. The van der Waals surface area contributed by atoms with Gasteiger partial charge in [0.05, 0.1) is 12.7 Å². The van der Waals surface area contributed by atoms with Gasteiger partial charge in [0, 0.05) is 22.6 Å². The quantitative estimate of drug-likeness (QED) is 0.452. The second-order valence-corrected chi connectivity index (χ2v) is 14.4. The summed E-state index contributed by atoms with van der Waals surface area (Å²) in [7, 11) is -5.30. The van der Waals surface area contributed by atoms with Gasteiger partial charge in [0.25, 0.3) is 0 Å².